The van der Waals surface area contributed by atoms with Gasteiger partial charge in [0.25, 0.3) is 11.8 Å². The molecule has 3 aliphatic rings. The monoisotopic (exact) mass is 575 g/mol. The minimum absolute atomic E-state index is 0.0310. The summed E-state index contributed by atoms with van der Waals surface area (Å²) < 4.78 is 5.59. The maximum atomic E-state index is 13.6. The zero-order chi connectivity index (χ0) is 29.9. The first-order valence-corrected chi connectivity index (χ1v) is 14.7. The molecule has 9 nitrogen and oxygen atoms in total. The van der Waals surface area contributed by atoms with Gasteiger partial charge >= 0.3 is 0 Å². The Morgan fingerprint density at radius 1 is 0.930 bits per heavy atom. The molecule has 2 saturated heterocycles. The van der Waals surface area contributed by atoms with Gasteiger partial charge < -0.3 is 19.9 Å². The normalized spacial score (nSPS) is 17.6. The highest BCUT2D eigenvalue weighted by Crippen LogP contribution is 2.44. The van der Waals surface area contributed by atoms with Crippen LogP contribution in [0.2, 0.25) is 0 Å². The number of benzene rings is 2. The lowest BCUT2D eigenvalue weighted by Crippen LogP contribution is -2.42. The van der Waals surface area contributed by atoms with Gasteiger partial charge in [0.1, 0.15) is 5.75 Å². The van der Waals surface area contributed by atoms with E-state index >= 15 is 0 Å². The summed E-state index contributed by atoms with van der Waals surface area (Å²) in [4.78, 5) is 48.0. The van der Waals surface area contributed by atoms with Crippen LogP contribution in [0.5, 0.6) is 5.75 Å². The van der Waals surface area contributed by atoms with Gasteiger partial charge in [0.2, 0.25) is 5.78 Å². The van der Waals surface area contributed by atoms with Gasteiger partial charge in [-0.15, -0.1) is 0 Å². The third-order valence-electron chi connectivity index (χ3n) is 8.64. The SMILES string of the molecule is COc1cnc(-c2ccc(C(=O)N3CCCC3)cc2)c2c1C(C(=O)C(=O)N1CCC(=C(C#N)c3ccccc3)CC1)CN2. The first kappa shape index (κ1) is 28.2. The highest BCUT2D eigenvalue weighted by atomic mass is 16.5. The number of carbonyl (C=O) groups excluding carboxylic acids is 3. The highest BCUT2D eigenvalue weighted by molar-refractivity contribution is 6.38. The first-order valence-electron chi connectivity index (χ1n) is 14.7. The van der Waals surface area contributed by atoms with Crippen LogP contribution in [0.4, 0.5) is 5.69 Å². The van der Waals surface area contributed by atoms with Crippen molar-refractivity contribution in [3.8, 4) is 23.1 Å². The van der Waals surface area contributed by atoms with Gasteiger partial charge in [-0.1, -0.05) is 42.5 Å². The molecule has 4 heterocycles. The maximum Gasteiger partial charge on any atom is 0.290 e. The van der Waals surface area contributed by atoms with Crippen molar-refractivity contribution in [1.29, 1.82) is 5.26 Å². The Kier molecular flexibility index (Phi) is 7.93. The summed E-state index contributed by atoms with van der Waals surface area (Å²) in [5.41, 5.74) is 5.87. The fourth-order valence-electron chi connectivity index (χ4n) is 6.31. The van der Waals surface area contributed by atoms with Gasteiger partial charge in [0.15, 0.2) is 0 Å². The molecular formula is C34H33N5O4. The average molecular weight is 576 g/mol. The van der Waals surface area contributed by atoms with E-state index in [0.29, 0.717) is 59.8 Å². The van der Waals surface area contributed by atoms with E-state index in [2.05, 4.69) is 16.4 Å². The van der Waals surface area contributed by atoms with Gasteiger partial charge in [-0.3, -0.25) is 19.4 Å². The lowest BCUT2D eigenvalue weighted by molar-refractivity contribution is -0.145. The molecule has 3 aromatic rings. The number of amides is 2. The number of anilines is 1. The largest absolute Gasteiger partial charge is 0.495 e. The predicted molar refractivity (Wildman–Crippen MR) is 162 cm³/mol. The molecule has 0 bridgehead atoms. The van der Waals surface area contributed by atoms with Crippen LogP contribution < -0.4 is 10.1 Å². The molecule has 1 unspecified atom stereocenters. The number of allylic oxidation sites excluding steroid dienone is 1. The number of nitrogens with one attached hydrogen (secondary N) is 1. The van der Waals surface area contributed by atoms with Crippen molar-refractivity contribution < 1.29 is 19.1 Å². The number of carbonyl (C=O) groups is 3. The summed E-state index contributed by atoms with van der Waals surface area (Å²) in [7, 11) is 1.52. The third-order valence-corrected chi connectivity index (χ3v) is 8.64. The van der Waals surface area contributed by atoms with Crippen molar-refractivity contribution in [3.63, 3.8) is 0 Å². The fourth-order valence-corrected chi connectivity index (χ4v) is 6.31. The Balaban J connectivity index is 1.20. The lowest BCUT2D eigenvalue weighted by atomic mass is 9.92. The highest BCUT2D eigenvalue weighted by Gasteiger charge is 2.39. The number of aromatic nitrogens is 1. The molecule has 1 aromatic heterocycles. The summed E-state index contributed by atoms with van der Waals surface area (Å²) in [5.74, 6) is -1.26. The third kappa shape index (κ3) is 5.37. The van der Waals surface area contributed by atoms with Crippen LogP contribution in [0.15, 0.2) is 66.4 Å². The second-order valence-electron chi connectivity index (χ2n) is 11.1. The zero-order valence-corrected chi connectivity index (χ0v) is 24.1. The Labute approximate surface area is 250 Å². The Morgan fingerprint density at radius 3 is 2.28 bits per heavy atom. The molecule has 9 heteroatoms. The molecule has 0 saturated carbocycles. The van der Waals surface area contributed by atoms with Crippen LogP contribution in [0, 0.1) is 11.3 Å². The molecule has 1 atom stereocenters. The molecule has 2 amide bonds. The van der Waals surface area contributed by atoms with Crippen molar-refractivity contribution in [2.45, 2.75) is 31.6 Å². The number of nitrogens with zero attached hydrogens (tertiary/aromatic N) is 4. The van der Waals surface area contributed by atoms with E-state index in [1.54, 1.807) is 11.1 Å². The quantitative estimate of drug-likeness (QED) is 0.335. The number of pyridine rings is 1. The van der Waals surface area contributed by atoms with Gasteiger partial charge in [-0.25, -0.2) is 0 Å². The number of likely N-dealkylation sites (tertiary alicyclic amines) is 2. The van der Waals surface area contributed by atoms with Gasteiger partial charge in [-0.05, 0) is 49.0 Å². The number of ketones is 1. The molecular weight excluding hydrogens is 542 g/mol. The molecule has 0 spiro atoms. The van der Waals surface area contributed by atoms with Crippen LogP contribution in [0.3, 0.4) is 0 Å². The van der Waals surface area contributed by atoms with E-state index < -0.39 is 17.6 Å². The van der Waals surface area contributed by atoms with Gasteiger partial charge in [0.05, 0.1) is 42.2 Å². The number of rotatable bonds is 6. The first-order chi connectivity index (χ1) is 21.0. The van der Waals surface area contributed by atoms with Crippen molar-refractivity contribution in [2.75, 3.05) is 45.2 Å². The molecule has 3 aliphatic heterocycles. The number of methoxy groups -OCH3 is 1. The van der Waals surface area contributed by atoms with Crippen molar-refractivity contribution >= 4 is 28.9 Å². The van der Waals surface area contributed by atoms with E-state index in [9.17, 15) is 19.6 Å². The summed E-state index contributed by atoms with van der Waals surface area (Å²) in [6.07, 6.45) is 4.74. The van der Waals surface area contributed by atoms with E-state index in [1.165, 1.54) is 7.11 Å². The second kappa shape index (κ2) is 12.1. The number of hydrogen-bond donors (Lipinski definition) is 1. The summed E-state index contributed by atoms with van der Waals surface area (Å²) in [5, 5.41) is 13.1. The Hall–Kier alpha value is -4.97. The molecule has 1 N–H and O–H groups in total. The number of ether oxygens (including phenoxy) is 1. The van der Waals surface area contributed by atoms with E-state index in [-0.39, 0.29) is 12.5 Å². The van der Waals surface area contributed by atoms with Crippen LogP contribution in [-0.2, 0) is 9.59 Å². The predicted octanol–water partition coefficient (Wildman–Crippen LogP) is 4.67. The van der Waals surface area contributed by atoms with Crippen LogP contribution in [0.25, 0.3) is 16.8 Å². The van der Waals surface area contributed by atoms with Crippen molar-refractivity contribution in [1.82, 2.24) is 14.8 Å². The average Bonchev–Trinajstić information content (AvgIpc) is 3.76. The molecule has 218 valence electrons. The van der Waals surface area contributed by atoms with E-state index in [1.807, 2.05) is 59.5 Å². The molecule has 6 rings (SSSR count). The second-order valence-corrected chi connectivity index (χ2v) is 11.1. The summed E-state index contributed by atoms with van der Waals surface area (Å²) in [6, 6.07) is 19.2. The van der Waals surface area contributed by atoms with Crippen LogP contribution >= 0.6 is 0 Å². The number of piperidine rings is 1. The van der Waals surface area contributed by atoms with Crippen LogP contribution in [0.1, 0.15) is 53.1 Å². The number of Topliss-reactive ketones (excluding diaryl/α,β-unsaturated/α-hetero) is 1. The van der Waals surface area contributed by atoms with Crippen molar-refractivity contribution in [3.05, 3.63) is 83.1 Å². The van der Waals surface area contributed by atoms with E-state index in [4.69, 9.17) is 4.74 Å². The number of fused-ring (bicyclic) bond motifs is 1. The summed E-state index contributed by atoms with van der Waals surface area (Å²) in [6.45, 7) is 2.59. The van der Waals surface area contributed by atoms with Crippen LogP contribution in [-0.4, -0.2) is 72.2 Å². The topological polar surface area (TPSA) is 116 Å². The Bertz CT molecular complexity index is 1630. The van der Waals surface area contributed by atoms with Crippen molar-refractivity contribution in [2.24, 2.45) is 0 Å². The molecule has 2 aromatic carbocycles. The molecule has 43 heavy (non-hydrogen) atoms. The number of nitriles is 1. The zero-order valence-electron chi connectivity index (χ0n) is 24.1. The van der Waals surface area contributed by atoms with E-state index in [0.717, 1.165) is 42.6 Å². The lowest BCUT2D eigenvalue weighted by Gasteiger charge is -2.29. The minimum Gasteiger partial charge on any atom is -0.495 e. The smallest absolute Gasteiger partial charge is 0.290 e. The summed E-state index contributed by atoms with van der Waals surface area (Å²) >= 11 is 0. The molecule has 0 radical (unpaired) electrons. The van der Waals surface area contributed by atoms with Gasteiger partial charge in [0, 0.05) is 49.4 Å². The fraction of sp³-hybridized carbons (Fsp3) is 0.324. The standard InChI is InChI=1S/C34H33N5O4/c1-43-28-21-37-30(24-9-11-25(12-10-24)33(41)38-15-5-6-16-38)31-29(28)27(20-36-31)32(40)34(42)39-17-13-23(14-18-39)26(19-35)22-7-3-2-4-8-22/h2-4,7-12,21,27,36H,5-6,13-18,20H2,1H3. The Morgan fingerprint density at radius 2 is 1.63 bits per heavy atom. The molecule has 2 fully saturated rings. The number of hydrogen-bond acceptors (Lipinski definition) is 7. The maximum absolute atomic E-state index is 13.6. The minimum atomic E-state index is -0.717. The molecule has 0 aliphatic carbocycles. The van der Waals surface area contributed by atoms with Gasteiger partial charge in [-0.2, -0.15) is 5.26 Å².